The first kappa shape index (κ1) is 20.0. The monoisotopic (exact) mass is 412 g/mol. The van der Waals surface area contributed by atoms with Gasteiger partial charge in [0.2, 0.25) is 11.0 Å². The van der Waals surface area contributed by atoms with Crippen LogP contribution in [0, 0.1) is 13.8 Å². The molecule has 0 saturated heterocycles. The van der Waals surface area contributed by atoms with E-state index in [0.717, 1.165) is 15.6 Å². The Morgan fingerprint density at radius 3 is 2.57 bits per heavy atom. The fourth-order valence-electron chi connectivity index (χ4n) is 2.45. The van der Waals surface area contributed by atoms with Crippen LogP contribution in [0.2, 0.25) is 0 Å². The molecule has 2 N–H and O–H groups in total. The van der Waals surface area contributed by atoms with E-state index >= 15 is 0 Å². The molecule has 0 aliphatic rings. The summed E-state index contributed by atoms with van der Waals surface area (Å²) < 4.78 is 0.720. The number of nitrogens with zero attached hydrogens (tertiary/aromatic N) is 2. The number of hydrogen-bond acceptors (Lipinski definition) is 7. The van der Waals surface area contributed by atoms with E-state index in [4.69, 9.17) is 0 Å². The Labute approximate surface area is 171 Å². The van der Waals surface area contributed by atoms with Crippen molar-refractivity contribution in [3.63, 3.8) is 0 Å². The van der Waals surface area contributed by atoms with Crippen LogP contribution in [0.1, 0.15) is 28.4 Å². The van der Waals surface area contributed by atoms with E-state index in [2.05, 4.69) is 20.8 Å². The Bertz CT molecular complexity index is 1020. The molecule has 8 heteroatoms. The van der Waals surface area contributed by atoms with E-state index in [1.807, 2.05) is 56.3 Å². The van der Waals surface area contributed by atoms with Crippen molar-refractivity contribution in [2.75, 3.05) is 16.4 Å². The molecule has 0 aliphatic carbocycles. The number of anilines is 3. The van der Waals surface area contributed by atoms with Gasteiger partial charge >= 0.3 is 0 Å². The van der Waals surface area contributed by atoms with Gasteiger partial charge in [0.15, 0.2) is 10.1 Å². The van der Waals surface area contributed by atoms with Crippen LogP contribution in [0.3, 0.4) is 0 Å². The molecule has 0 radical (unpaired) electrons. The van der Waals surface area contributed by atoms with Gasteiger partial charge in [0.25, 0.3) is 0 Å². The molecule has 0 spiro atoms. The lowest BCUT2D eigenvalue weighted by Gasteiger charge is -2.05. The van der Waals surface area contributed by atoms with Crippen LogP contribution < -0.4 is 10.6 Å². The largest absolute Gasteiger partial charge is 0.330 e. The number of carbonyl (C=O) groups excluding carboxylic acids is 2. The third-order valence-corrected chi connectivity index (χ3v) is 5.97. The van der Waals surface area contributed by atoms with Gasteiger partial charge in [-0.2, -0.15) is 0 Å². The molecule has 1 aromatic heterocycles. The Morgan fingerprint density at radius 1 is 1.04 bits per heavy atom. The minimum atomic E-state index is -0.125. The Kier molecular flexibility index (Phi) is 6.43. The van der Waals surface area contributed by atoms with E-state index in [0.29, 0.717) is 22.1 Å². The fraction of sp³-hybridized carbons (Fsp3) is 0.200. The van der Waals surface area contributed by atoms with Crippen molar-refractivity contribution in [1.82, 2.24) is 10.2 Å². The fourth-order valence-corrected chi connectivity index (χ4v) is 4.11. The third-order valence-electron chi connectivity index (χ3n) is 4.00. The number of Topliss-reactive ketones (excluding diaryl/α,β-unsaturated/α-hetero) is 1. The van der Waals surface area contributed by atoms with Crippen LogP contribution in [0.4, 0.5) is 16.5 Å². The highest BCUT2D eigenvalue weighted by atomic mass is 32.2. The third kappa shape index (κ3) is 5.40. The highest BCUT2D eigenvalue weighted by Crippen LogP contribution is 2.29. The maximum absolute atomic E-state index is 12.4. The summed E-state index contributed by atoms with van der Waals surface area (Å²) in [6.45, 7) is 5.50. The smallest absolute Gasteiger partial charge is 0.221 e. The van der Waals surface area contributed by atoms with Crippen molar-refractivity contribution >= 4 is 51.3 Å². The second-order valence-electron chi connectivity index (χ2n) is 6.27. The average Bonchev–Trinajstić information content (AvgIpc) is 3.09. The first-order valence-corrected chi connectivity index (χ1v) is 10.4. The van der Waals surface area contributed by atoms with E-state index in [9.17, 15) is 9.59 Å². The van der Waals surface area contributed by atoms with Crippen LogP contribution in [0.25, 0.3) is 0 Å². The van der Waals surface area contributed by atoms with Crippen molar-refractivity contribution in [2.24, 2.45) is 0 Å². The lowest BCUT2D eigenvalue weighted by atomic mass is 10.0. The van der Waals surface area contributed by atoms with Crippen molar-refractivity contribution in [3.8, 4) is 0 Å². The summed E-state index contributed by atoms with van der Waals surface area (Å²) >= 11 is 2.76. The maximum atomic E-state index is 12.4. The van der Waals surface area contributed by atoms with Crippen molar-refractivity contribution in [1.29, 1.82) is 0 Å². The van der Waals surface area contributed by atoms with E-state index < -0.39 is 0 Å². The van der Waals surface area contributed by atoms with Crippen LogP contribution in [-0.4, -0.2) is 27.6 Å². The summed E-state index contributed by atoms with van der Waals surface area (Å²) in [5.74, 6) is 0.260. The predicted octanol–water partition coefficient (Wildman–Crippen LogP) is 4.83. The van der Waals surface area contributed by atoms with Gasteiger partial charge in [0, 0.05) is 23.9 Å². The van der Waals surface area contributed by atoms with Gasteiger partial charge in [-0.1, -0.05) is 41.3 Å². The second-order valence-corrected chi connectivity index (χ2v) is 8.47. The second kappa shape index (κ2) is 8.99. The summed E-state index contributed by atoms with van der Waals surface area (Å²) in [5.41, 5.74) is 4.50. The average molecular weight is 413 g/mol. The zero-order valence-electron chi connectivity index (χ0n) is 15.8. The minimum Gasteiger partial charge on any atom is -0.330 e. The van der Waals surface area contributed by atoms with Crippen LogP contribution in [0.15, 0.2) is 46.8 Å². The highest BCUT2D eigenvalue weighted by Gasteiger charge is 2.11. The van der Waals surface area contributed by atoms with Crippen molar-refractivity contribution < 1.29 is 9.59 Å². The number of hydrogen-bond donors (Lipinski definition) is 2. The van der Waals surface area contributed by atoms with Crippen LogP contribution in [-0.2, 0) is 4.79 Å². The van der Waals surface area contributed by atoms with Crippen LogP contribution >= 0.6 is 23.1 Å². The topological polar surface area (TPSA) is 84.0 Å². The summed E-state index contributed by atoms with van der Waals surface area (Å²) in [5, 5.41) is 14.8. The Morgan fingerprint density at radius 2 is 1.82 bits per heavy atom. The summed E-state index contributed by atoms with van der Waals surface area (Å²) in [6.07, 6.45) is 0. The molecule has 144 valence electrons. The van der Waals surface area contributed by atoms with E-state index in [-0.39, 0.29) is 11.7 Å². The molecular weight excluding hydrogens is 392 g/mol. The zero-order chi connectivity index (χ0) is 20.1. The van der Waals surface area contributed by atoms with Gasteiger partial charge in [-0.05, 0) is 49.2 Å². The Balaban J connectivity index is 1.59. The number of amides is 1. The number of rotatable bonds is 7. The molecule has 6 nitrogen and oxygen atoms in total. The lowest BCUT2D eigenvalue weighted by Crippen LogP contribution is -2.05. The first-order valence-electron chi connectivity index (χ1n) is 8.62. The number of thioether (sulfide) groups is 1. The number of aryl methyl sites for hydroxylation is 2. The van der Waals surface area contributed by atoms with Gasteiger partial charge in [-0.15, -0.1) is 10.2 Å². The number of nitrogens with one attached hydrogen (secondary N) is 2. The van der Waals surface area contributed by atoms with Gasteiger partial charge in [-0.25, -0.2) is 0 Å². The molecular formula is C20H20N4O2S2. The minimum absolute atomic E-state index is 0.0702. The first-order chi connectivity index (χ1) is 13.4. The number of benzene rings is 2. The van der Waals surface area contributed by atoms with E-state index in [1.165, 1.54) is 35.6 Å². The standard InChI is InChI=1S/C20H20N4O2S2/c1-12-7-8-15(9-13(12)2)18(26)11-27-20-24-23-19(28-20)22-17-6-4-5-16(10-17)21-14(3)25/h4-10H,11H2,1-3H3,(H,21,25)(H,22,23). The Hall–Kier alpha value is -2.71. The molecule has 0 fully saturated rings. The number of ketones is 1. The lowest BCUT2D eigenvalue weighted by molar-refractivity contribution is -0.114. The summed E-state index contributed by atoms with van der Waals surface area (Å²) in [6, 6.07) is 13.1. The van der Waals surface area contributed by atoms with Gasteiger partial charge in [-0.3, -0.25) is 9.59 Å². The van der Waals surface area contributed by atoms with Crippen molar-refractivity contribution in [2.45, 2.75) is 25.1 Å². The molecule has 0 bridgehead atoms. The SMILES string of the molecule is CC(=O)Nc1cccc(Nc2nnc(SCC(=O)c3ccc(C)c(C)c3)s2)c1. The van der Waals surface area contributed by atoms with Gasteiger partial charge < -0.3 is 10.6 Å². The van der Waals surface area contributed by atoms with Crippen LogP contribution in [0.5, 0.6) is 0 Å². The number of carbonyl (C=O) groups is 2. The molecule has 0 aliphatic heterocycles. The summed E-state index contributed by atoms with van der Waals surface area (Å²) in [7, 11) is 0. The predicted molar refractivity (Wildman–Crippen MR) is 115 cm³/mol. The van der Waals surface area contributed by atoms with E-state index in [1.54, 1.807) is 0 Å². The molecule has 28 heavy (non-hydrogen) atoms. The van der Waals surface area contributed by atoms with Gasteiger partial charge in [0.05, 0.1) is 5.75 Å². The van der Waals surface area contributed by atoms with Crippen molar-refractivity contribution in [3.05, 3.63) is 59.2 Å². The summed E-state index contributed by atoms with van der Waals surface area (Å²) in [4.78, 5) is 23.6. The molecule has 0 atom stereocenters. The van der Waals surface area contributed by atoms with Gasteiger partial charge in [0.1, 0.15) is 0 Å². The zero-order valence-corrected chi connectivity index (χ0v) is 17.4. The molecule has 3 aromatic rings. The molecule has 2 aromatic carbocycles. The normalized spacial score (nSPS) is 10.5. The molecule has 1 amide bonds. The molecule has 1 heterocycles. The molecule has 0 unspecified atom stereocenters. The maximum Gasteiger partial charge on any atom is 0.221 e. The highest BCUT2D eigenvalue weighted by molar-refractivity contribution is 8.01. The molecule has 3 rings (SSSR count). The quantitative estimate of drug-likeness (QED) is 0.427. The number of aromatic nitrogens is 2. The molecule has 0 saturated carbocycles.